The molecule has 4 heteroatoms. The summed E-state index contributed by atoms with van der Waals surface area (Å²) >= 11 is 1.71. The van der Waals surface area contributed by atoms with E-state index in [2.05, 4.69) is 34.0 Å². The highest BCUT2D eigenvalue weighted by Crippen LogP contribution is 2.32. The van der Waals surface area contributed by atoms with Gasteiger partial charge in [-0.25, -0.2) is 0 Å². The molecule has 0 bridgehead atoms. The van der Waals surface area contributed by atoms with E-state index in [-0.39, 0.29) is 5.92 Å². The van der Waals surface area contributed by atoms with E-state index < -0.39 is 0 Å². The number of hydrogen-bond donors (Lipinski definition) is 1. The van der Waals surface area contributed by atoms with Crippen LogP contribution < -0.4 is 5.32 Å². The third-order valence-electron chi connectivity index (χ3n) is 4.18. The first-order valence-corrected chi connectivity index (χ1v) is 8.23. The Kier molecular flexibility index (Phi) is 3.89. The standard InChI is InChI=1S/C15H22N2OS/c1-11-8-13(4-6-16-11)15(18)17(14-2-3-14)9-12-5-7-19-10-12/h5,7,10-11,13-14,16H,2-4,6,8-9H2,1H3. The summed E-state index contributed by atoms with van der Waals surface area (Å²) in [5.41, 5.74) is 1.28. The summed E-state index contributed by atoms with van der Waals surface area (Å²) in [4.78, 5) is 14.9. The second-order valence-electron chi connectivity index (χ2n) is 5.91. The number of nitrogens with one attached hydrogen (secondary N) is 1. The zero-order chi connectivity index (χ0) is 13.2. The zero-order valence-electron chi connectivity index (χ0n) is 11.5. The fraction of sp³-hybridized carbons (Fsp3) is 0.667. The van der Waals surface area contributed by atoms with Crippen molar-refractivity contribution in [1.82, 2.24) is 10.2 Å². The van der Waals surface area contributed by atoms with Gasteiger partial charge < -0.3 is 10.2 Å². The number of carbonyl (C=O) groups is 1. The van der Waals surface area contributed by atoms with Gasteiger partial charge in [0.25, 0.3) is 0 Å². The summed E-state index contributed by atoms with van der Waals surface area (Å²) in [6.07, 6.45) is 4.37. The Morgan fingerprint density at radius 3 is 2.95 bits per heavy atom. The van der Waals surface area contributed by atoms with Gasteiger partial charge in [-0.05, 0) is 61.5 Å². The van der Waals surface area contributed by atoms with Gasteiger partial charge in [0.2, 0.25) is 5.91 Å². The van der Waals surface area contributed by atoms with Crippen LogP contribution in [0.2, 0.25) is 0 Å². The van der Waals surface area contributed by atoms with Crippen molar-refractivity contribution in [3.8, 4) is 0 Å². The summed E-state index contributed by atoms with van der Waals surface area (Å²) in [6.45, 7) is 3.97. The maximum atomic E-state index is 12.8. The topological polar surface area (TPSA) is 32.3 Å². The average molecular weight is 278 g/mol. The van der Waals surface area contributed by atoms with E-state index in [9.17, 15) is 4.79 Å². The van der Waals surface area contributed by atoms with Crippen LogP contribution >= 0.6 is 11.3 Å². The van der Waals surface area contributed by atoms with E-state index in [0.29, 0.717) is 18.0 Å². The van der Waals surface area contributed by atoms with E-state index in [1.807, 2.05) is 0 Å². The molecule has 2 atom stereocenters. The third-order valence-corrected chi connectivity index (χ3v) is 4.91. The van der Waals surface area contributed by atoms with Gasteiger partial charge in [0, 0.05) is 24.5 Å². The van der Waals surface area contributed by atoms with Crippen LogP contribution in [0.3, 0.4) is 0 Å². The molecule has 1 aliphatic heterocycles. The molecule has 19 heavy (non-hydrogen) atoms. The molecule has 0 radical (unpaired) electrons. The minimum absolute atomic E-state index is 0.232. The molecule has 2 heterocycles. The van der Waals surface area contributed by atoms with E-state index in [1.54, 1.807) is 11.3 Å². The van der Waals surface area contributed by atoms with E-state index in [1.165, 1.54) is 18.4 Å². The lowest BCUT2D eigenvalue weighted by Crippen LogP contribution is -2.44. The van der Waals surface area contributed by atoms with Crippen LogP contribution in [0.1, 0.15) is 38.2 Å². The van der Waals surface area contributed by atoms with E-state index in [0.717, 1.165) is 25.9 Å². The van der Waals surface area contributed by atoms with Crippen molar-refractivity contribution < 1.29 is 4.79 Å². The Bertz CT molecular complexity index is 427. The molecule has 1 aromatic heterocycles. The highest BCUT2D eigenvalue weighted by Gasteiger charge is 2.36. The molecule has 2 fully saturated rings. The van der Waals surface area contributed by atoms with Crippen molar-refractivity contribution in [3.63, 3.8) is 0 Å². The van der Waals surface area contributed by atoms with Crippen LogP contribution in [0.4, 0.5) is 0 Å². The van der Waals surface area contributed by atoms with Crippen LogP contribution in [0.25, 0.3) is 0 Å². The second kappa shape index (κ2) is 5.63. The van der Waals surface area contributed by atoms with Crippen molar-refractivity contribution in [1.29, 1.82) is 0 Å². The molecular weight excluding hydrogens is 256 g/mol. The maximum absolute atomic E-state index is 12.8. The third kappa shape index (κ3) is 3.18. The molecule has 1 aromatic rings. The van der Waals surface area contributed by atoms with Gasteiger partial charge in [-0.1, -0.05) is 0 Å². The monoisotopic (exact) mass is 278 g/mol. The lowest BCUT2D eigenvalue weighted by molar-refractivity contribution is -0.138. The minimum Gasteiger partial charge on any atom is -0.335 e. The predicted molar refractivity (Wildman–Crippen MR) is 78.1 cm³/mol. The molecule has 1 aliphatic carbocycles. The lowest BCUT2D eigenvalue weighted by Gasteiger charge is -2.32. The molecular formula is C15H22N2OS. The smallest absolute Gasteiger partial charge is 0.226 e. The van der Waals surface area contributed by atoms with Crippen LogP contribution in [0.15, 0.2) is 16.8 Å². The van der Waals surface area contributed by atoms with Crippen molar-refractivity contribution in [2.24, 2.45) is 5.92 Å². The largest absolute Gasteiger partial charge is 0.335 e. The van der Waals surface area contributed by atoms with Crippen LogP contribution in [-0.2, 0) is 11.3 Å². The van der Waals surface area contributed by atoms with Gasteiger partial charge in [0.15, 0.2) is 0 Å². The summed E-state index contributed by atoms with van der Waals surface area (Å²) < 4.78 is 0. The highest BCUT2D eigenvalue weighted by molar-refractivity contribution is 7.07. The highest BCUT2D eigenvalue weighted by atomic mass is 32.1. The maximum Gasteiger partial charge on any atom is 0.226 e. The predicted octanol–water partition coefficient (Wildman–Crippen LogP) is 2.63. The molecule has 1 saturated carbocycles. The molecule has 0 aromatic carbocycles. The number of hydrogen-bond acceptors (Lipinski definition) is 3. The van der Waals surface area contributed by atoms with Gasteiger partial charge >= 0.3 is 0 Å². The number of thiophene rings is 1. The van der Waals surface area contributed by atoms with Gasteiger partial charge in [-0.2, -0.15) is 11.3 Å². The lowest BCUT2D eigenvalue weighted by atomic mass is 9.92. The fourth-order valence-electron chi connectivity index (χ4n) is 2.94. The van der Waals surface area contributed by atoms with E-state index >= 15 is 0 Å². The van der Waals surface area contributed by atoms with Crippen molar-refractivity contribution in [2.45, 2.75) is 51.2 Å². The van der Waals surface area contributed by atoms with Gasteiger partial charge in [0.05, 0.1) is 0 Å². The SMILES string of the molecule is CC1CC(C(=O)N(Cc2ccsc2)C2CC2)CCN1. The summed E-state index contributed by atoms with van der Waals surface area (Å²) in [5.74, 6) is 0.623. The summed E-state index contributed by atoms with van der Waals surface area (Å²) in [5, 5.41) is 7.68. The molecule has 0 spiro atoms. The Morgan fingerprint density at radius 1 is 1.47 bits per heavy atom. The molecule has 3 rings (SSSR count). The number of piperidine rings is 1. The minimum atomic E-state index is 0.232. The molecule has 2 unspecified atom stereocenters. The molecule has 3 nitrogen and oxygen atoms in total. The second-order valence-corrected chi connectivity index (χ2v) is 6.69. The first kappa shape index (κ1) is 13.1. The number of nitrogens with zero attached hydrogens (tertiary/aromatic N) is 1. The van der Waals surface area contributed by atoms with E-state index in [4.69, 9.17) is 0 Å². The quantitative estimate of drug-likeness (QED) is 0.918. The number of carbonyl (C=O) groups excluding carboxylic acids is 1. The Balaban J connectivity index is 1.67. The van der Waals surface area contributed by atoms with Gasteiger partial charge in [0.1, 0.15) is 0 Å². The normalized spacial score (nSPS) is 27.2. The number of amides is 1. The number of rotatable bonds is 4. The molecule has 2 aliphatic rings. The van der Waals surface area contributed by atoms with Crippen LogP contribution in [-0.4, -0.2) is 29.4 Å². The van der Waals surface area contributed by atoms with Gasteiger partial charge in [-0.15, -0.1) is 0 Å². The molecule has 1 saturated heterocycles. The summed E-state index contributed by atoms with van der Waals surface area (Å²) in [7, 11) is 0. The van der Waals surface area contributed by atoms with Gasteiger partial charge in [-0.3, -0.25) is 4.79 Å². The molecule has 1 N–H and O–H groups in total. The Labute approximate surface area is 119 Å². The van der Waals surface area contributed by atoms with Crippen LogP contribution in [0.5, 0.6) is 0 Å². The first-order valence-electron chi connectivity index (χ1n) is 7.29. The summed E-state index contributed by atoms with van der Waals surface area (Å²) in [6, 6.07) is 3.13. The van der Waals surface area contributed by atoms with Crippen molar-refractivity contribution in [3.05, 3.63) is 22.4 Å². The molecule has 104 valence electrons. The van der Waals surface area contributed by atoms with Crippen LogP contribution in [0, 0.1) is 5.92 Å². The first-order chi connectivity index (χ1) is 9.24. The van der Waals surface area contributed by atoms with Crippen molar-refractivity contribution >= 4 is 17.2 Å². The fourth-order valence-corrected chi connectivity index (χ4v) is 3.60. The van der Waals surface area contributed by atoms with Crippen molar-refractivity contribution in [2.75, 3.05) is 6.54 Å². The average Bonchev–Trinajstić information content (AvgIpc) is 3.12. The Hall–Kier alpha value is -0.870. The zero-order valence-corrected chi connectivity index (χ0v) is 12.3. The Morgan fingerprint density at radius 2 is 2.32 bits per heavy atom. The molecule has 1 amide bonds.